The van der Waals surface area contributed by atoms with E-state index in [-0.39, 0.29) is 17.2 Å². The van der Waals surface area contributed by atoms with Crippen molar-refractivity contribution in [3.63, 3.8) is 0 Å². The van der Waals surface area contributed by atoms with Gasteiger partial charge in [0.25, 0.3) is 5.91 Å². The maximum Gasteiger partial charge on any atom is 0.273 e. The summed E-state index contributed by atoms with van der Waals surface area (Å²) in [7, 11) is 0. The zero-order chi connectivity index (χ0) is 18.7. The number of thiazole rings is 1. The Kier molecular flexibility index (Phi) is 5.78. The molecule has 3 fully saturated rings. The highest BCUT2D eigenvalue weighted by molar-refractivity contribution is 7.07. The summed E-state index contributed by atoms with van der Waals surface area (Å²) in [5, 5.41) is 1.84. The van der Waals surface area contributed by atoms with Crippen LogP contribution >= 0.6 is 11.3 Å². The van der Waals surface area contributed by atoms with Gasteiger partial charge in [-0.05, 0) is 30.6 Å². The van der Waals surface area contributed by atoms with E-state index in [4.69, 9.17) is 4.74 Å². The van der Waals surface area contributed by atoms with Gasteiger partial charge in [-0.1, -0.05) is 19.3 Å². The molecule has 0 bridgehead atoms. The standard InChI is InChI=1S/C20H29N3O3S/c24-18(22-8-10-26-11-9-22)5-4-16-12-23(19(25)17-13-27-15-21-17)14-20(16)6-2-1-3-7-20/h13,15-16H,1-12,14H2. The van der Waals surface area contributed by atoms with E-state index in [2.05, 4.69) is 4.98 Å². The minimum atomic E-state index is 0.0585. The number of morpholine rings is 1. The SMILES string of the molecule is O=C(CCC1CN(C(=O)c2cscn2)CC12CCCCC2)N1CCOCC1. The van der Waals surface area contributed by atoms with Crippen molar-refractivity contribution in [2.45, 2.75) is 44.9 Å². The van der Waals surface area contributed by atoms with Gasteiger partial charge in [0.05, 0.1) is 18.7 Å². The summed E-state index contributed by atoms with van der Waals surface area (Å²) >= 11 is 1.47. The topological polar surface area (TPSA) is 62.7 Å². The fourth-order valence-electron chi connectivity index (χ4n) is 5.16. The number of carbonyl (C=O) groups excluding carboxylic acids is 2. The molecule has 1 aliphatic carbocycles. The van der Waals surface area contributed by atoms with Gasteiger partial charge in [-0.25, -0.2) is 4.98 Å². The number of carbonyl (C=O) groups is 2. The van der Waals surface area contributed by atoms with Gasteiger partial charge in [0.1, 0.15) is 5.69 Å². The summed E-state index contributed by atoms with van der Waals surface area (Å²) in [6, 6.07) is 0. The van der Waals surface area contributed by atoms with Crippen molar-refractivity contribution in [3.8, 4) is 0 Å². The lowest BCUT2D eigenvalue weighted by molar-refractivity contribution is -0.135. The first-order chi connectivity index (χ1) is 13.2. The van der Waals surface area contributed by atoms with Crippen LogP contribution in [0.5, 0.6) is 0 Å². The van der Waals surface area contributed by atoms with E-state index in [0.29, 0.717) is 44.3 Å². The number of nitrogens with zero attached hydrogens (tertiary/aromatic N) is 3. The van der Waals surface area contributed by atoms with E-state index in [1.165, 1.54) is 43.4 Å². The normalized spacial score (nSPS) is 25.1. The van der Waals surface area contributed by atoms with Crippen molar-refractivity contribution in [1.29, 1.82) is 0 Å². The van der Waals surface area contributed by atoms with Crippen LogP contribution in [-0.4, -0.2) is 66.0 Å². The first-order valence-corrected chi connectivity index (χ1v) is 11.2. The number of hydrogen-bond acceptors (Lipinski definition) is 5. The zero-order valence-corrected chi connectivity index (χ0v) is 16.7. The molecule has 3 aliphatic rings. The maximum absolute atomic E-state index is 12.8. The lowest BCUT2D eigenvalue weighted by Gasteiger charge is -2.38. The second-order valence-electron chi connectivity index (χ2n) is 8.21. The Labute approximate surface area is 164 Å². The van der Waals surface area contributed by atoms with Crippen LogP contribution in [-0.2, 0) is 9.53 Å². The van der Waals surface area contributed by atoms with Crippen LogP contribution in [0.25, 0.3) is 0 Å². The predicted octanol–water partition coefficient (Wildman–Crippen LogP) is 2.80. The van der Waals surface area contributed by atoms with Gasteiger partial charge < -0.3 is 14.5 Å². The summed E-state index contributed by atoms with van der Waals surface area (Å²) in [6.45, 7) is 4.32. The first kappa shape index (κ1) is 18.9. The molecule has 3 heterocycles. The van der Waals surface area contributed by atoms with E-state index in [0.717, 1.165) is 19.5 Å². The van der Waals surface area contributed by atoms with E-state index in [1.54, 1.807) is 5.51 Å². The number of aromatic nitrogens is 1. The highest BCUT2D eigenvalue weighted by Crippen LogP contribution is 2.49. The van der Waals surface area contributed by atoms with Crippen molar-refractivity contribution in [1.82, 2.24) is 14.8 Å². The fourth-order valence-corrected chi connectivity index (χ4v) is 5.68. The number of likely N-dealkylation sites (tertiary alicyclic amines) is 1. The van der Waals surface area contributed by atoms with Gasteiger partial charge >= 0.3 is 0 Å². The third-order valence-corrected chi connectivity index (χ3v) is 7.26. The summed E-state index contributed by atoms with van der Waals surface area (Å²) in [6.07, 6.45) is 7.62. The summed E-state index contributed by atoms with van der Waals surface area (Å²) < 4.78 is 5.35. The molecule has 0 aromatic carbocycles. The minimum absolute atomic E-state index is 0.0585. The average Bonchev–Trinajstić information content (AvgIpc) is 3.36. The van der Waals surface area contributed by atoms with Crippen LogP contribution in [0.15, 0.2) is 10.9 Å². The molecule has 0 N–H and O–H groups in total. The van der Waals surface area contributed by atoms with Crippen LogP contribution in [0.4, 0.5) is 0 Å². The Morgan fingerprint density at radius 2 is 1.96 bits per heavy atom. The zero-order valence-electron chi connectivity index (χ0n) is 15.9. The quantitative estimate of drug-likeness (QED) is 0.792. The number of rotatable bonds is 4. The Morgan fingerprint density at radius 3 is 2.67 bits per heavy atom. The predicted molar refractivity (Wildman–Crippen MR) is 104 cm³/mol. The van der Waals surface area contributed by atoms with Gasteiger partial charge in [-0.3, -0.25) is 9.59 Å². The molecule has 7 heteroatoms. The van der Waals surface area contributed by atoms with E-state index in [9.17, 15) is 9.59 Å². The summed E-state index contributed by atoms with van der Waals surface area (Å²) in [5.41, 5.74) is 2.49. The molecule has 1 unspecified atom stereocenters. The molecule has 1 spiro atoms. The van der Waals surface area contributed by atoms with Crippen molar-refractivity contribution in [2.75, 3.05) is 39.4 Å². The average molecular weight is 392 g/mol. The van der Waals surface area contributed by atoms with Gasteiger partial charge in [0.2, 0.25) is 5.91 Å². The number of amides is 2. The molecule has 148 valence electrons. The highest BCUT2D eigenvalue weighted by Gasteiger charge is 2.48. The molecule has 2 amide bonds. The van der Waals surface area contributed by atoms with Crippen LogP contribution in [0, 0.1) is 11.3 Å². The molecule has 1 aromatic heterocycles. The number of hydrogen-bond donors (Lipinski definition) is 0. The van der Waals surface area contributed by atoms with Gasteiger partial charge in [-0.15, -0.1) is 11.3 Å². The molecular formula is C20H29N3O3S. The molecule has 2 saturated heterocycles. The largest absolute Gasteiger partial charge is 0.378 e. The van der Waals surface area contributed by atoms with Crippen LogP contribution in [0.1, 0.15) is 55.4 Å². The lowest BCUT2D eigenvalue weighted by Crippen LogP contribution is -2.41. The molecule has 1 saturated carbocycles. The summed E-state index contributed by atoms with van der Waals surface area (Å²) in [4.78, 5) is 33.6. The van der Waals surface area contributed by atoms with Gasteiger partial charge in [-0.2, -0.15) is 0 Å². The van der Waals surface area contributed by atoms with Crippen LogP contribution in [0.3, 0.4) is 0 Å². The Hall–Kier alpha value is -1.47. The first-order valence-electron chi connectivity index (χ1n) is 10.2. The molecule has 1 aromatic rings. The van der Waals surface area contributed by atoms with Crippen LogP contribution in [0.2, 0.25) is 0 Å². The molecule has 27 heavy (non-hydrogen) atoms. The second kappa shape index (κ2) is 8.27. The number of ether oxygens (including phenoxy) is 1. The summed E-state index contributed by atoms with van der Waals surface area (Å²) in [5.74, 6) is 0.724. The Balaban J connectivity index is 1.42. The molecule has 2 aliphatic heterocycles. The maximum atomic E-state index is 12.8. The van der Waals surface area contributed by atoms with Gasteiger partial charge in [0.15, 0.2) is 0 Å². The molecular weight excluding hydrogens is 362 g/mol. The van der Waals surface area contributed by atoms with E-state index < -0.39 is 0 Å². The Morgan fingerprint density at radius 1 is 1.19 bits per heavy atom. The van der Waals surface area contributed by atoms with Gasteiger partial charge in [0, 0.05) is 38.0 Å². The smallest absolute Gasteiger partial charge is 0.273 e. The third-order valence-electron chi connectivity index (χ3n) is 6.67. The van der Waals surface area contributed by atoms with Crippen molar-refractivity contribution >= 4 is 23.2 Å². The van der Waals surface area contributed by atoms with E-state index >= 15 is 0 Å². The highest BCUT2D eigenvalue weighted by atomic mass is 32.1. The molecule has 0 radical (unpaired) electrons. The van der Waals surface area contributed by atoms with Crippen molar-refractivity contribution < 1.29 is 14.3 Å². The van der Waals surface area contributed by atoms with Crippen molar-refractivity contribution in [2.24, 2.45) is 11.3 Å². The minimum Gasteiger partial charge on any atom is -0.378 e. The monoisotopic (exact) mass is 391 g/mol. The Bertz CT molecular complexity index is 651. The fraction of sp³-hybridized carbons (Fsp3) is 0.750. The molecule has 6 nitrogen and oxygen atoms in total. The third kappa shape index (κ3) is 4.04. The van der Waals surface area contributed by atoms with Crippen LogP contribution < -0.4 is 0 Å². The molecule has 4 rings (SSSR count). The lowest BCUT2D eigenvalue weighted by atomic mass is 9.66. The van der Waals surface area contributed by atoms with E-state index in [1.807, 2.05) is 15.2 Å². The molecule has 1 atom stereocenters. The van der Waals surface area contributed by atoms with Crippen molar-refractivity contribution in [3.05, 3.63) is 16.6 Å². The second-order valence-corrected chi connectivity index (χ2v) is 8.93.